The maximum Gasteiger partial charge on any atom is 0.191 e. The van der Waals surface area contributed by atoms with E-state index in [4.69, 9.17) is 0 Å². The van der Waals surface area contributed by atoms with Crippen LogP contribution in [0.2, 0.25) is 0 Å². The second-order valence-electron chi connectivity index (χ2n) is 7.17. The van der Waals surface area contributed by atoms with Gasteiger partial charge < -0.3 is 15.5 Å². The number of nitrogens with zero attached hydrogens (tertiary/aromatic N) is 2. The number of aliphatic imine (C=N–C) groups is 1. The number of nitrogens with one attached hydrogen (secondary N) is 2. The summed E-state index contributed by atoms with van der Waals surface area (Å²) in [5.41, 5.74) is 0. The van der Waals surface area contributed by atoms with Crippen LogP contribution in [0.25, 0.3) is 0 Å². The van der Waals surface area contributed by atoms with Crippen LogP contribution in [0.3, 0.4) is 0 Å². The number of hydrogen-bond acceptors (Lipinski definition) is 2. The van der Waals surface area contributed by atoms with Gasteiger partial charge in [0.1, 0.15) is 0 Å². The Kier molecular flexibility index (Phi) is 6.81. The molecule has 0 radical (unpaired) electrons. The molecule has 1 atom stereocenters. The first-order valence-corrected chi connectivity index (χ1v) is 8.87. The molecule has 4 nitrogen and oxygen atoms in total. The highest BCUT2D eigenvalue weighted by Gasteiger charge is 2.19. The standard InChI is InChI=1S/C17H34N4/c1-14-6-8-16(9-7-14)20-17(18-3)19-12-15(2)13-21-10-4-5-11-21/h14-16H,4-13H2,1-3H3,(H2,18,19,20). The molecule has 0 aromatic heterocycles. The molecule has 1 saturated heterocycles. The van der Waals surface area contributed by atoms with Crippen LogP contribution < -0.4 is 10.6 Å². The van der Waals surface area contributed by atoms with Gasteiger partial charge in [-0.2, -0.15) is 0 Å². The summed E-state index contributed by atoms with van der Waals surface area (Å²) in [7, 11) is 1.88. The van der Waals surface area contributed by atoms with Gasteiger partial charge in [-0.05, 0) is 63.5 Å². The lowest BCUT2D eigenvalue weighted by Gasteiger charge is -2.29. The van der Waals surface area contributed by atoms with Crippen LogP contribution in [0.1, 0.15) is 52.4 Å². The molecular formula is C17H34N4. The normalized spacial score (nSPS) is 29.4. The van der Waals surface area contributed by atoms with E-state index < -0.39 is 0 Å². The zero-order chi connectivity index (χ0) is 15.1. The maximum absolute atomic E-state index is 4.39. The molecule has 0 bridgehead atoms. The molecule has 2 aliphatic rings. The molecule has 0 aromatic carbocycles. The second kappa shape index (κ2) is 8.62. The van der Waals surface area contributed by atoms with E-state index in [2.05, 4.69) is 34.4 Å². The molecule has 2 rings (SSSR count). The van der Waals surface area contributed by atoms with Gasteiger partial charge >= 0.3 is 0 Å². The minimum Gasteiger partial charge on any atom is -0.356 e. The van der Waals surface area contributed by atoms with Crippen molar-refractivity contribution in [3.05, 3.63) is 0 Å². The number of rotatable bonds is 5. The highest BCUT2D eigenvalue weighted by atomic mass is 15.2. The fourth-order valence-electron chi connectivity index (χ4n) is 3.53. The number of guanidine groups is 1. The summed E-state index contributed by atoms with van der Waals surface area (Å²) in [5, 5.41) is 7.11. The Labute approximate surface area is 130 Å². The van der Waals surface area contributed by atoms with Crippen molar-refractivity contribution >= 4 is 5.96 Å². The Bertz CT molecular complexity index is 315. The molecule has 21 heavy (non-hydrogen) atoms. The van der Waals surface area contributed by atoms with Crippen molar-refractivity contribution in [3.8, 4) is 0 Å². The predicted molar refractivity (Wildman–Crippen MR) is 90.8 cm³/mol. The highest BCUT2D eigenvalue weighted by Crippen LogP contribution is 2.23. The van der Waals surface area contributed by atoms with Crippen molar-refractivity contribution in [1.82, 2.24) is 15.5 Å². The van der Waals surface area contributed by atoms with Crippen LogP contribution in [0.15, 0.2) is 4.99 Å². The first-order chi connectivity index (χ1) is 10.2. The van der Waals surface area contributed by atoms with E-state index in [9.17, 15) is 0 Å². The zero-order valence-electron chi connectivity index (χ0n) is 14.2. The molecular weight excluding hydrogens is 260 g/mol. The fraction of sp³-hybridized carbons (Fsp3) is 0.941. The van der Waals surface area contributed by atoms with Crippen LogP contribution in [0, 0.1) is 11.8 Å². The van der Waals surface area contributed by atoms with Gasteiger partial charge in [-0.25, -0.2) is 0 Å². The third-order valence-electron chi connectivity index (χ3n) is 4.97. The van der Waals surface area contributed by atoms with Crippen molar-refractivity contribution in [2.75, 3.05) is 33.2 Å². The van der Waals surface area contributed by atoms with Crippen LogP contribution >= 0.6 is 0 Å². The minimum atomic E-state index is 0.612. The fourth-order valence-corrected chi connectivity index (χ4v) is 3.53. The molecule has 1 aliphatic heterocycles. The van der Waals surface area contributed by atoms with Gasteiger partial charge in [0, 0.05) is 26.2 Å². The maximum atomic E-state index is 4.39. The molecule has 1 heterocycles. The topological polar surface area (TPSA) is 39.7 Å². The molecule has 1 saturated carbocycles. The number of likely N-dealkylation sites (tertiary alicyclic amines) is 1. The highest BCUT2D eigenvalue weighted by molar-refractivity contribution is 5.79. The summed E-state index contributed by atoms with van der Waals surface area (Å²) in [6.45, 7) is 9.50. The van der Waals surface area contributed by atoms with Crippen LogP contribution in [-0.2, 0) is 0 Å². The van der Waals surface area contributed by atoms with Gasteiger partial charge in [-0.1, -0.05) is 13.8 Å². The van der Waals surface area contributed by atoms with Crippen LogP contribution in [0.4, 0.5) is 0 Å². The van der Waals surface area contributed by atoms with Gasteiger partial charge in [0.25, 0.3) is 0 Å². The van der Waals surface area contributed by atoms with Gasteiger partial charge in [-0.15, -0.1) is 0 Å². The van der Waals surface area contributed by atoms with E-state index in [1.54, 1.807) is 0 Å². The summed E-state index contributed by atoms with van der Waals surface area (Å²) in [5.74, 6) is 2.56. The van der Waals surface area contributed by atoms with Crippen molar-refractivity contribution in [3.63, 3.8) is 0 Å². The smallest absolute Gasteiger partial charge is 0.191 e. The van der Waals surface area contributed by atoms with E-state index in [1.165, 1.54) is 58.2 Å². The Balaban J connectivity index is 1.65. The van der Waals surface area contributed by atoms with E-state index in [0.717, 1.165) is 18.4 Å². The molecule has 122 valence electrons. The Morgan fingerprint density at radius 1 is 1.19 bits per heavy atom. The summed E-state index contributed by atoms with van der Waals surface area (Å²) < 4.78 is 0. The quantitative estimate of drug-likeness (QED) is 0.604. The van der Waals surface area contributed by atoms with Gasteiger partial charge in [0.2, 0.25) is 0 Å². The van der Waals surface area contributed by atoms with Crippen LogP contribution in [0.5, 0.6) is 0 Å². The molecule has 4 heteroatoms. The molecule has 1 aliphatic carbocycles. The lowest BCUT2D eigenvalue weighted by Crippen LogP contribution is -2.46. The summed E-state index contributed by atoms with van der Waals surface area (Å²) in [6, 6.07) is 0.612. The monoisotopic (exact) mass is 294 g/mol. The summed E-state index contributed by atoms with van der Waals surface area (Å²) >= 11 is 0. The SMILES string of the molecule is CN=C(NCC(C)CN1CCCC1)NC1CCC(C)CC1. The van der Waals surface area contributed by atoms with E-state index in [-0.39, 0.29) is 0 Å². The lowest BCUT2D eigenvalue weighted by molar-refractivity contribution is 0.287. The zero-order valence-corrected chi connectivity index (χ0v) is 14.2. The molecule has 0 spiro atoms. The minimum absolute atomic E-state index is 0.612. The van der Waals surface area contributed by atoms with E-state index in [0.29, 0.717) is 12.0 Å². The number of hydrogen-bond donors (Lipinski definition) is 2. The predicted octanol–water partition coefficient (Wildman–Crippen LogP) is 2.46. The van der Waals surface area contributed by atoms with Crippen molar-refractivity contribution in [1.29, 1.82) is 0 Å². The Morgan fingerprint density at radius 3 is 2.48 bits per heavy atom. The molecule has 0 aromatic rings. The van der Waals surface area contributed by atoms with Gasteiger partial charge in [0.15, 0.2) is 5.96 Å². The largest absolute Gasteiger partial charge is 0.356 e. The first-order valence-electron chi connectivity index (χ1n) is 8.87. The molecule has 2 fully saturated rings. The van der Waals surface area contributed by atoms with E-state index in [1.807, 2.05) is 7.05 Å². The van der Waals surface area contributed by atoms with Crippen molar-refractivity contribution in [2.45, 2.75) is 58.4 Å². The summed E-state index contributed by atoms with van der Waals surface area (Å²) in [4.78, 5) is 6.97. The molecule has 2 N–H and O–H groups in total. The Morgan fingerprint density at radius 2 is 1.86 bits per heavy atom. The first kappa shape index (κ1) is 16.6. The van der Waals surface area contributed by atoms with Gasteiger partial charge in [-0.3, -0.25) is 4.99 Å². The molecule has 0 amide bonds. The van der Waals surface area contributed by atoms with Crippen LogP contribution in [-0.4, -0.2) is 50.1 Å². The Hall–Kier alpha value is -0.770. The van der Waals surface area contributed by atoms with E-state index >= 15 is 0 Å². The van der Waals surface area contributed by atoms with Gasteiger partial charge in [0.05, 0.1) is 0 Å². The third kappa shape index (κ3) is 5.85. The average molecular weight is 294 g/mol. The van der Waals surface area contributed by atoms with Crippen molar-refractivity contribution in [2.24, 2.45) is 16.8 Å². The summed E-state index contributed by atoms with van der Waals surface area (Å²) in [6.07, 6.45) is 8.02. The second-order valence-corrected chi connectivity index (χ2v) is 7.17. The lowest BCUT2D eigenvalue weighted by atomic mass is 9.87. The van der Waals surface area contributed by atoms with Crippen molar-refractivity contribution < 1.29 is 0 Å². The molecule has 1 unspecified atom stereocenters. The average Bonchev–Trinajstić information content (AvgIpc) is 2.98. The third-order valence-corrected chi connectivity index (χ3v) is 4.97.